The molecule has 3 aromatic heterocycles. The van der Waals surface area contributed by atoms with Gasteiger partial charge in [0.1, 0.15) is 36.5 Å². The summed E-state index contributed by atoms with van der Waals surface area (Å²) >= 11 is 0. The number of hydrogen-bond donors (Lipinski definition) is 9. The Balaban J connectivity index is 0.000000185. The Morgan fingerprint density at radius 3 is 2.05 bits per heavy atom. The van der Waals surface area contributed by atoms with E-state index in [1.165, 1.54) is 10.8 Å². The van der Waals surface area contributed by atoms with E-state index in [-0.39, 0.29) is 19.0 Å². The number of nitrogens with zero attached hydrogens (tertiary/aromatic N) is 4. The zero-order chi connectivity index (χ0) is 40.6. The molecule has 0 saturated carbocycles. The highest BCUT2D eigenvalue weighted by Gasteiger charge is 2.43. The van der Waals surface area contributed by atoms with Crippen LogP contribution < -0.4 is 48.2 Å². The molecule has 1 aromatic carbocycles. The lowest BCUT2D eigenvalue weighted by Gasteiger charge is -2.16. The third-order valence-electron chi connectivity index (χ3n) is 8.52. The van der Waals surface area contributed by atoms with Crippen molar-refractivity contribution in [1.82, 2.24) is 29.1 Å². The van der Waals surface area contributed by atoms with Gasteiger partial charge in [-0.3, -0.25) is 28.7 Å². The summed E-state index contributed by atoms with van der Waals surface area (Å²) in [7, 11) is 4.70. The largest absolute Gasteiger partial charge is 0.493 e. The van der Waals surface area contributed by atoms with Crippen molar-refractivity contribution in [1.29, 1.82) is 0 Å². The van der Waals surface area contributed by atoms with Crippen LogP contribution in [0.4, 0.5) is 11.8 Å². The quantitative estimate of drug-likeness (QED) is 0.0812. The average Bonchev–Trinajstić information content (AvgIpc) is 3.68. The third kappa shape index (κ3) is 9.93. The van der Waals surface area contributed by atoms with E-state index in [9.17, 15) is 34.5 Å². The molecule has 0 amide bonds. The minimum atomic E-state index is -1.35. The highest BCUT2D eigenvalue weighted by Crippen LogP contribution is 2.39. The van der Waals surface area contributed by atoms with Gasteiger partial charge >= 0.3 is 11.4 Å². The molecule has 300 valence electrons. The fourth-order valence-electron chi connectivity index (χ4n) is 5.62. The van der Waals surface area contributed by atoms with E-state index in [0.29, 0.717) is 35.1 Å². The van der Waals surface area contributed by atoms with E-state index in [2.05, 4.69) is 15.0 Å². The number of aromatic amines is 2. The standard InChI is InChI=1S/C14H18N4O3.C10H14N2O5.C9H12N2O6/c1-19-10-5-8(6-11(20-2)12(10)21-3)4-9-7-17-14(16)18-13(9)15;1-5-3-12(10(16)11-9(5)15)8-2-6(14)7(4-13)17-8;12-3-4-6(14)7(15)8(17-4)11-2-1-5(13)10-9(11)16/h5-7H,4H2,1-3H3,(H4,15,16,17,18);3,6-8,13-14H,2,4H2,1H3,(H,11,15,16);1-2,4,6-8,12,14-15H,3H2,(H,10,13,16)/t;6-,7+,8+;4-,6-,7-,8-/m.01/s1. The molecule has 55 heavy (non-hydrogen) atoms. The van der Waals surface area contributed by atoms with Crippen molar-refractivity contribution < 1.29 is 49.2 Å². The number of nitrogen functional groups attached to an aromatic ring is 2. The van der Waals surface area contributed by atoms with Crippen LogP contribution in [0.3, 0.4) is 0 Å². The number of ether oxygens (including phenoxy) is 5. The number of H-pyrrole nitrogens is 2. The predicted octanol–water partition coefficient (Wildman–Crippen LogP) is -3.11. The molecule has 2 aliphatic rings. The molecule has 0 spiro atoms. The van der Waals surface area contributed by atoms with E-state index < -0.39 is 72.1 Å². The number of rotatable bonds is 9. The maximum Gasteiger partial charge on any atom is 0.330 e. The number of benzene rings is 1. The zero-order valence-corrected chi connectivity index (χ0v) is 30.2. The van der Waals surface area contributed by atoms with Gasteiger partial charge in [-0.1, -0.05) is 0 Å². The summed E-state index contributed by atoms with van der Waals surface area (Å²) in [6.07, 6.45) is -2.02. The molecule has 5 heterocycles. The Morgan fingerprint density at radius 2 is 1.53 bits per heavy atom. The summed E-state index contributed by atoms with van der Waals surface area (Å²) in [6.45, 7) is 0.783. The molecule has 4 aromatic rings. The van der Waals surface area contributed by atoms with Crippen molar-refractivity contribution in [3.63, 3.8) is 0 Å². The highest BCUT2D eigenvalue weighted by molar-refractivity contribution is 5.55. The predicted molar refractivity (Wildman–Crippen MR) is 192 cm³/mol. The van der Waals surface area contributed by atoms with Crippen LogP contribution in [0.5, 0.6) is 17.2 Å². The van der Waals surface area contributed by atoms with Crippen molar-refractivity contribution in [3.8, 4) is 17.2 Å². The summed E-state index contributed by atoms with van der Waals surface area (Å²) < 4.78 is 28.6. The van der Waals surface area contributed by atoms with Crippen LogP contribution in [0.2, 0.25) is 0 Å². The summed E-state index contributed by atoms with van der Waals surface area (Å²) in [5, 5.41) is 46.6. The second kappa shape index (κ2) is 18.6. The average molecular weight is 777 g/mol. The fourth-order valence-corrected chi connectivity index (χ4v) is 5.62. The van der Waals surface area contributed by atoms with Gasteiger partial charge in [-0.25, -0.2) is 14.6 Å². The number of methoxy groups -OCH3 is 3. The lowest BCUT2D eigenvalue weighted by atomic mass is 10.1. The maximum absolute atomic E-state index is 11.6. The number of anilines is 2. The van der Waals surface area contributed by atoms with Crippen LogP contribution in [-0.2, 0) is 15.9 Å². The molecular formula is C33H44N8O14. The van der Waals surface area contributed by atoms with E-state index in [1.54, 1.807) is 34.4 Å². The van der Waals surface area contributed by atoms with E-state index in [1.807, 2.05) is 17.1 Å². The van der Waals surface area contributed by atoms with Gasteiger partial charge in [0.25, 0.3) is 11.1 Å². The monoisotopic (exact) mass is 776 g/mol. The van der Waals surface area contributed by atoms with E-state index in [4.69, 9.17) is 45.4 Å². The molecule has 2 aliphatic heterocycles. The highest BCUT2D eigenvalue weighted by atomic mass is 16.6. The van der Waals surface area contributed by atoms with Gasteiger partial charge in [0.2, 0.25) is 11.7 Å². The number of aliphatic hydroxyl groups excluding tert-OH is 5. The normalized spacial score (nSPS) is 22.9. The van der Waals surface area contributed by atoms with Crippen molar-refractivity contribution in [2.24, 2.45) is 0 Å². The molecule has 2 saturated heterocycles. The van der Waals surface area contributed by atoms with Crippen LogP contribution in [0.25, 0.3) is 0 Å². The van der Waals surface area contributed by atoms with Crippen molar-refractivity contribution in [3.05, 3.63) is 95.2 Å². The minimum Gasteiger partial charge on any atom is -0.493 e. The van der Waals surface area contributed by atoms with Gasteiger partial charge < -0.3 is 60.7 Å². The van der Waals surface area contributed by atoms with Gasteiger partial charge in [-0.15, -0.1) is 0 Å². The molecule has 22 heteroatoms. The number of aromatic nitrogens is 6. The summed E-state index contributed by atoms with van der Waals surface area (Å²) in [6, 6.07) is 4.81. The third-order valence-corrected chi connectivity index (χ3v) is 8.52. The van der Waals surface area contributed by atoms with E-state index in [0.717, 1.165) is 28.0 Å². The summed E-state index contributed by atoms with van der Waals surface area (Å²) in [5.74, 6) is 2.23. The van der Waals surface area contributed by atoms with Crippen LogP contribution in [0.1, 0.15) is 35.6 Å². The Hall–Kier alpha value is -5.62. The molecule has 0 bridgehead atoms. The topological polar surface area (TPSA) is 335 Å². The maximum atomic E-state index is 11.6. The molecule has 7 atom stereocenters. The Kier molecular flexibility index (Phi) is 14.3. The molecule has 6 rings (SSSR count). The summed E-state index contributed by atoms with van der Waals surface area (Å²) in [5.41, 5.74) is 11.1. The number of aryl methyl sites for hydroxylation is 1. The number of nitrogens with two attached hydrogens (primary N) is 2. The number of hydrogen-bond acceptors (Lipinski definition) is 18. The number of aliphatic hydroxyl groups is 5. The van der Waals surface area contributed by atoms with Crippen LogP contribution in [0.15, 0.2) is 56.0 Å². The lowest BCUT2D eigenvalue weighted by Crippen LogP contribution is -2.37. The lowest BCUT2D eigenvalue weighted by molar-refractivity contribution is -0.0550. The summed E-state index contributed by atoms with van der Waals surface area (Å²) in [4.78, 5) is 57.1. The van der Waals surface area contributed by atoms with E-state index >= 15 is 0 Å². The van der Waals surface area contributed by atoms with Crippen molar-refractivity contribution in [2.45, 2.75) is 62.7 Å². The van der Waals surface area contributed by atoms with Crippen LogP contribution in [-0.4, -0.2) is 120 Å². The molecular weight excluding hydrogens is 732 g/mol. The fraction of sp³-hybridized carbons (Fsp3) is 0.455. The van der Waals surface area contributed by atoms with Gasteiger partial charge in [-0.05, 0) is 24.6 Å². The Bertz CT molecular complexity index is 2130. The first-order valence-electron chi connectivity index (χ1n) is 16.5. The second-order valence-electron chi connectivity index (χ2n) is 12.2. The van der Waals surface area contributed by atoms with Crippen LogP contribution >= 0.6 is 0 Å². The molecule has 0 aliphatic carbocycles. The Morgan fingerprint density at radius 1 is 0.891 bits per heavy atom. The zero-order valence-electron chi connectivity index (χ0n) is 30.2. The molecule has 0 unspecified atom stereocenters. The molecule has 11 N–H and O–H groups in total. The Labute approximate surface area is 311 Å². The molecule has 2 fully saturated rings. The SMILES string of the molecule is COc1cc(Cc2cnc(N)nc2N)cc(OC)c1OC.Cc1cn([C@H]2C[C@H](O)[C@@H](CO)O2)c(=O)[nH]c1=O.O=c1ccn([C@@H]2O[C@H](CO)[C@@H](O)[C@H]2O)c(=O)[nH]1. The van der Waals surface area contributed by atoms with Gasteiger partial charge in [0.05, 0.1) is 40.6 Å². The van der Waals surface area contributed by atoms with Crippen LogP contribution in [0, 0.1) is 6.92 Å². The first kappa shape index (κ1) is 42.1. The molecule has 22 nitrogen and oxygen atoms in total. The smallest absolute Gasteiger partial charge is 0.330 e. The molecule has 0 radical (unpaired) electrons. The first-order valence-corrected chi connectivity index (χ1v) is 16.5. The minimum absolute atomic E-state index is 0.154. The van der Waals surface area contributed by atoms with Crippen molar-refractivity contribution >= 4 is 11.8 Å². The second-order valence-corrected chi connectivity index (χ2v) is 12.2. The van der Waals surface area contributed by atoms with Gasteiger partial charge in [-0.2, -0.15) is 4.98 Å². The number of nitrogens with one attached hydrogen (secondary N) is 2. The van der Waals surface area contributed by atoms with Gasteiger partial charge in [0, 0.05) is 48.6 Å². The first-order chi connectivity index (χ1) is 26.1. The van der Waals surface area contributed by atoms with Gasteiger partial charge in [0.15, 0.2) is 17.7 Å². The van der Waals surface area contributed by atoms with Crippen molar-refractivity contribution in [2.75, 3.05) is 46.0 Å².